The van der Waals surface area contributed by atoms with Crippen molar-refractivity contribution in [1.29, 1.82) is 0 Å². The highest BCUT2D eigenvalue weighted by atomic mass is 16.5. The van der Waals surface area contributed by atoms with Crippen LogP contribution in [0.2, 0.25) is 0 Å². The first kappa shape index (κ1) is 12.6. The second-order valence-corrected chi connectivity index (χ2v) is 3.37. The van der Waals surface area contributed by atoms with Gasteiger partial charge in [-0.05, 0) is 13.8 Å². The van der Waals surface area contributed by atoms with Crippen LogP contribution < -0.4 is 0 Å². The van der Waals surface area contributed by atoms with Gasteiger partial charge in [0.05, 0.1) is 18.8 Å². The summed E-state index contributed by atoms with van der Waals surface area (Å²) < 4.78 is 5.18. The standard InChI is InChI=1S/C8H15NO2.C2H6/c1-8(2,7-10)9-3-5-11-6-4-9;1-2/h7H,3-6H2,1-2H3;1-2H3. The highest BCUT2D eigenvalue weighted by molar-refractivity contribution is 5.62. The van der Waals surface area contributed by atoms with Gasteiger partial charge in [0.1, 0.15) is 6.29 Å². The predicted molar refractivity (Wildman–Crippen MR) is 53.9 cm³/mol. The summed E-state index contributed by atoms with van der Waals surface area (Å²) in [6, 6.07) is 0. The Labute approximate surface area is 81.1 Å². The van der Waals surface area contributed by atoms with Gasteiger partial charge >= 0.3 is 0 Å². The van der Waals surface area contributed by atoms with Crippen LogP contribution in [0, 0.1) is 0 Å². The summed E-state index contributed by atoms with van der Waals surface area (Å²) in [6.07, 6.45) is 0.998. The van der Waals surface area contributed by atoms with Crippen LogP contribution in [-0.4, -0.2) is 43.0 Å². The van der Waals surface area contributed by atoms with E-state index in [0.717, 1.165) is 32.6 Å². The fourth-order valence-electron chi connectivity index (χ4n) is 1.21. The molecule has 1 heterocycles. The number of aldehydes is 1. The van der Waals surface area contributed by atoms with Gasteiger partial charge in [-0.25, -0.2) is 0 Å². The molecule has 1 fully saturated rings. The van der Waals surface area contributed by atoms with E-state index in [1.165, 1.54) is 0 Å². The SMILES string of the molecule is CC.CC(C)(C=O)N1CCOCC1. The largest absolute Gasteiger partial charge is 0.379 e. The topological polar surface area (TPSA) is 29.5 Å². The van der Waals surface area contributed by atoms with Gasteiger partial charge in [-0.2, -0.15) is 0 Å². The van der Waals surface area contributed by atoms with Gasteiger partial charge in [-0.1, -0.05) is 13.8 Å². The van der Waals surface area contributed by atoms with Crippen LogP contribution in [0.4, 0.5) is 0 Å². The predicted octanol–water partition coefficient (Wildman–Crippen LogP) is 1.32. The molecule has 0 saturated carbocycles. The molecule has 3 heteroatoms. The van der Waals surface area contributed by atoms with Crippen LogP contribution in [0.3, 0.4) is 0 Å². The van der Waals surface area contributed by atoms with Crippen LogP contribution in [0.15, 0.2) is 0 Å². The molecule has 1 aliphatic rings. The molecule has 0 N–H and O–H groups in total. The molecular weight excluding hydrogens is 166 g/mol. The average Bonchev–Trinajstić information content (AvgIpc) is 2.22. The van der Waals surface area contributed by atoms with E-state index >= 15 is 0 Å². The highest BCUT2D eigenvalue weighted by Gasteiger charge is 2.27. The number of hydrogen-bond donors (Lipinski definition) is 0. The molecule has 0 aromatic heterocycles. The van der Waals surface area contributed by atoms with Crippen molar-refractivity contribution in [3.63, 3.8) is 0 Å². The third kappa shape index (κ3) is 3.87. The first-order chi connectivity index (χ1) is 6.17. The van der Waals surface area contributed by atoms with Gasteiger partial charge in [0.2, 0.25) is 0 Å². The lowest BCUT2D eigenvalue weighted by Gasteiger charge is -2.36. The summed E-state index contributed by atoms with van der Waals surface area (Å²) in [7, 11) is 0. The van der Waals surface area contributed by atoms with Crippen molar-refractivity contribution in [2.24, 2.45) is 0 Å². The molecule has 3 nitrogen and oxygen atoms in total. The summed E-state index contributed by atoms with van der Waals surface area (Å²) in [5, 5.41) is 0. The average molecular weight is 187 g/mol. The van der Waals surface area contributed by atoms with Crippen molar-refractivity contribution >= 4 is 6.29 Å². The van der Waals surface area contributed by atoms with Crippen LogP contribution in [-0.2, 0) is 9.53 Å². The van der Waals surface area contributed by atoms with Crippen molar-refractivity contribution < 1.29 is 9.53 Å². The summed E-state index contributed by atoms with van der Waals surface area (Å²) in [5.41, 5.74) is -0.316. The Morgan fingerprint density at radius 2 is 1.69 bits per heavy atom. The molecule has 0 radical (unpaired) electrons. The van der Waals surface area contributed by atoms with Gasteiger partial charge < -0.3 is 9.53 Å². The van der Waals surface area contributed by atoms with Gasteiger partial charge in [0.25, 0.3) is 0 Å². The monoisotopic (exact) mass is 187 g/mol. The molecule has 0 bridgehead atoms. The molecule has 0 aliphatic carbocycles. The second kappa shape index (κ2) is 6.11. The fraction of sp³-hybridized carbons (Fsp3) is 0.900. The molecule has 0 unspecified atom stereocenters. The van der Waals surface area contributed by atoms with E-state index in [4.69, 9.17) is 4.74 Å². The Kier molecular flexibility index (Phi) is 5.91. The first-order valence-electron chi connectivity index (χ1n) is 4.96. The lowest BCUT2D eigenvalue weighted by Crippen LogP contribution is -2.50. The van der Waals surface area contributed by atoms with Crippen molar-refractivity contribution in [3.8, 4) is 0 Å². The quantitative estimate of drug-likeness (QED) is 0.611. The van der Waals surface area contributed by atoms with Crippen molar-refractivity contribution in [2.75, 3.05) is 26.3 Å². The van der Waals surface area contributed by atoms with Crippen LogP contribution >= 0.6 is 0 Å². The number of rotatable bonds is 2. The van der Waals surface area contributed by atoms with E-state index in [2.05, 4.69) is 4.90 Å². The number of morpholine rings is 1. The van der Waals surface area contributed by atoms with E-state index in [9.17, 15) is 4.79 Å². The zero-order valence-corrected chi connectivity index (χ0v) is 9.17. The van der Waals surface area contributed by atoms with Crippen LogP contribution in [0.1, 0.15) is 27.7 Å². The minimum atomic E-state index is -0.316. The fourth-order valence-corrected chi connectivity index (χ4v) is 1.21. The number of carbonyl (C=O) groups is 1. The van der Waals surface area contributed by atoms with Crippen molar-refractivity contribution in [1.82, 2.24) is 4.90 Å². The molecule has 0 amide bonds. The van der Waals surface area contributed by atoms with Crippen LogP contribution in [0.5, 0.6) is 0 Å². The van der Waals surface area contributed by atoms with E-state index < -0.39 is 0 Å². The number of nitrogens with zero attached hydrogens (tertiary/aromatic N) is 1. The number of ether oxygens (including phenoxy) is 1. The molecule has 1 rings (SSSR count). The Morgan fingerprint density at radius 1 is 1.23 bits per heavy atom. The maximum atomic E-state index is 10.6. The molecule has 0 aromatic rings. The smallest absolute Gasteiger partial charge is 0.139 e. The number of carbonyl (C=O) groups excluding carboxylic acids is 1. The Bertz CT molecular complexity index is 140. The normalized spacial score (nSPS) is 18.8. The summed E-state index contributed by atoms with van der Waals surface area (Å²) >= 11 is 0. The van der Waals surface area contributed by atoms with E-state index in [-0.39, 0.29) is 5.54 Å². The minimum Gasteiger partial charge on any atom is -0.379 e. The molecule has 0 atom stereocenters. The lowest BCUT2D eigenvalue weighted by molar-refractivity contribution is -0.119. The van der Waals surface area contributed by atoms with Crippen molar-refractivity contribution in [3.05, 3.63) is 0 Å². The van der Waals surface area contributed by atoms with E-state index in [0.29, 0.717) is 0 Å². The molecule has 78 valence electrons. The lowest BCUT2D eigenvalue weighted by atomic mass is 10.1. The third-order valence-electron chi connectivity index (χ3n) is 2.11. The summed E-state index contributed by atoms with van der Waals surface area (Å²) in [6.45, 7) is 11.1. The number of hydrogen-bond acceptors (Lipinski definition) is 3. The van der Waals surface area contributed by atoms with Gasteiger partial charge in [-0.3, -0.25) is 4.90 Å². The zero-order chi connectivity index (χ0) is 10.3. The molecule has 0 spiro atoms. The summed E-state index contributed by atoms with van der Waals surface area (Å²) in [4.78, 5) is 12.8. The molecular formula is C10H21NO2. The van der Waals surface area contributed by atoms with E-state index in [1.54, 1.807) is 0 Å². The Hall–Kier alpha value is -0.410. The van der Waals surface area contributed by atoms with Gasteiger partial charge in [-0.15, -0.1) is 0 Å². The van der Waals surface area contributed by atoms with Crippen LogP contribution in [0.25, 0.3) is 0 Å². The maximum Gasteiger partial charge on any atom is 0.139 e. The Balaban J connectivity index is 0.000000671. The van der Waals surface area contributed by atoms with Gasteiger partial charge in [0.15, 0.2) is 0 Å². The van der Waals surface area contributed by atoms with Crippen molar-refractivity contribution in [2.45, 2.75) is 33.2 Å². The maximum absolute atomic E-state index is 10.6. The molecule has 1 aliphatic heterocycles. The van der Waals surface area contributed by atoms with E-state index in [1.807, 2.05) is 27.7 Å². The Morgan fingerprint density at radius 3 is 2.08 bits per heavy atom. The first-order valence-corrected chi connectivity index (χ1v) is 4.96. The molecule has 1 saturated heterocycles. The van der Waals surface area contributed by atoms with Gasteiger partial charge in [0, 0.05) is 13.1 Å². The third-order valence-corrected chi connectivity index (χ3v) is 2.11. The zero-order valence-electron chi connectivity index (χ0n) is 9.17. The summed E-state index contributed by atoms with van der Waals surface area (Å²) in [5.74, 6) is 0. The molecule has 0 aromatic carbocycles. The molecule has 13 heavy (non-hydrogen) atoms. The highest BCUT2D eigenvalue weighted by Crippen LogP contribution is 2.12. The second-order valence-electron chi connectivity index (χ2n) is 3.37. The minimum absolute atomic E-state index is 0.316.